The predicted molar refractivity (Wildman–Crippen MR) is 52.0 cm³/mol. The SMILES string of the molecule is ClC1CCN(c2n[c]cs2)CC1. The molecule has 0 saturated carbocycles. The number of halogens is 1. The maximum absolute atomic E-state index is 5.99. The van der Waals surface area contributed by atoms with E-state index in [4.69, 9.17) is 11.6 Å². The number of anilines is 1. The summed E-state index contributed by atoms with van der Waals surface area (Å²) in [7, 11) is 0. The number of piperidine rings is 1. The van der Waals surface area contributed by atoms with E-state index in [1.165, 1.54) is 0 Å². The van der Waals surface area contributed by atoms with Gasteiger partial charge in [0.15, 0.2) is 5.13 Å². The lowest BCUT2D eigenvalue weighted by Gasteiger charge is -2.28. The minimum Gasteiger partial charge on any atom is -0.348 e. The van der Waals surface area contributed by atoms with Gasteiger partial charge in [0.2, 0.25) is 0 Å². The fourth-order valence-electron chi connectivity index (χ4n) is 1.37. The lowest BCUT2D eigenvalue weighted by atomic mass is 10.1. The van der Waals surface area contributed by atoms with Gasteiger partial charge in [-0.1, -0.05) is 0 Å². The second-order valence-corrected chi connectivity index (χ2v) is 4.37. The second-order valence-electron chi connectivity index (χ2n) is 2.92. The molecule has 12 heavy (non-hydrogen) atoms. The maximum atomic E-state index is 5.99. The van der Waals surface area contributed by atoms with Crippen LogP contribution in [0, 0.1) is 6.20 Å². The van der Waals surface area contributed by atoms with Crippen LogP contribution in [0.5, 0.6) is 0 Å². The van der Waals surface area contributed by atoms with Gasteiger partial charge in [-0.05, 0) is 12.8 Å². The fraction of sp³-hybridized carbons (Fsp3) is 0.625. The van der Waals surface area contributed by atoms with E-state index in [0.717, 1.165) is 31.1 Å². The molecule has 2 rings (SSSR count). The molecule has 0 aliphatic carbocycles. The van der Waals surface area contributed by atoms with Gasteiger partial charge in [-0.25, -0.2) is 4.98 Å². The molecule has 2 heterocycles. The molecule has 4 heteroatoms. The molecule has 0 unspecified atom stereocenters. The Hall–Kier alpha value is -0.280. The molecule has 2 nitrogen and oxygen atoms in total. The first kappa shape index (κ1) is 8.32. The van der Waals surface area contributed by atoms with Crippen LogP contribution in [-0.2, 0) is 0 Å². The van der Waals surface area contributed by atoms with E-state index in [2.05, 4.69) is 16.1 Å². The van der Waals surface area contributed by atoms with Gasteiger partial charge in [0.1, 0.15) is 6.20 Å². The summed E-state index contributed by atoms with van der Waals surface area (Å²) in [6.45, 7) is 2.07. The first-order valence-electron chi connectivity index (χ1n) is 4.07. The van der Waals surface area contributed by atoms with Gasteiger partial charge in [0, 0.05) is 23.8 Å². The van der Waals surface area contributed by atoms with E-state index < -0.39 is 0 Å². The highest BCUT2D eigenvalue weighted by atomic mass is 35.5. The van der Waals surface area contributed by atoms with Gasteiger partial charge in [0.05, 0.1) is 0 Å². The van der Waals surface area contributed by atoms with Gasteiger partial charge in [-0.15, -0.1) is 22.9 Å². The smallest absolute Gasteiger partial charge is 0.185 e. The van der Waals surface area contributed by atoms with Crippen molar-refractivity contribution >= 4 is 28.1 Å². The molecule has 0 amide bonds. The van der Waals surface area contributed by atoms with Crippen LogP contribution in [0.25, 0.3) is 0 Å². The third-order valence-electron chi connectivity index (χ3n) is 2.07. The highest BCUT2D eigenvalue weighted by Crippen LogP contribution is 2.23. The van der Waals surface area contributed by atoms with Gasteiger partial charge >= 0.3 is 0 Å². The number of aromatic nitrogens is 1. The van der Waals surface area contributed by atoms with Crippen LogP contribution >= 0.6 is 22.9 Å². The summed E-state index contributed by atoms with van der Waals surface area (Å²) in [6, 6.07) is 0. The van der Waals surface area contributed by atoms with Crippen LogP contribution in [0.15, 0.2) is 5.38 Å². The topological polar surface area (TPSA) is 16.1 Å². The average molecular weight is 202 g/mol. The van der Waals surface area contributed by atoms with E-state index in [1.807, 2.05) is 5.38 Å². The van der Waals surface area contributed by atoms with Crippen LogP contribution in [0.3, 0.4) is 0 Å². The normalized spacial score (nSPS) is 19.9. The molecular formula is C8H10ClN2S. The van der Waals surface area contributed by atoms with Gasteiger partial charge in [0.25, 0.3) is 0 Å². The average Bonchev–Trinajstić information content (AvgIpc) is 2.58. The number of hydrogen-bond acceptors (Lipinski definition) is 3. The fourth-order valence-corrected chi connectivity index (χ4v) is 2.21. The summed E-state index contributed by atoms with van der Waals surface area (Å²) < 4.78 is 0. The largest absolute Gasteiger partial charge is 0.348 e. The van der Waals surface area contributed by atoms with Crippen molar-refractivity contribution < 1.29 is 0 Å². The summed E-state index contributed by atoms with van der Waals surface area (Å²) in [6.07, 6.45) is 4.97. The van der Waals surface area contributed by atoms with Crippen LogP contribution < -0.4 is 4.90 Å². The van der Waals surface area contributed by atoms with Crippen LogP contribution in [0.1, 0.15) is 12.8 Å². The summed E-state index contributed by atoms with van der Waals surface area (Å²) in [5.74, 6) is 0. The Kier molecular flexibility index (Phi) is 2.51. The van der Waals surface area contributed by atoms with E-state index >= 15 is 0 Å². The summed E-state index contributed by atoms with van der Waals surface area (Å²) >= 11 is 7.64. The van der Waals surface area contributed by atoms with Crippen molar-refractivity contribution in [2.24, 2.45) is 0 Å². The molecule has 0 N–H and O–H groups in total. The van der Waals surface area contributed by atoms with Crippen LogP contribution in [-0.4, -0.2) is 23.5 Å². The molecule has 0 aromatic carbocycles. The van der Waals surface area contributed by atoms with E-state index in [0.29, 0.717) is 5.38 Å². The number of alkyl halides is 1. The molecular weight excluding hydrogens is 192 g/mol. The Bertz CT molecular complexity index is 229. The van der Waals surface area contributed by atoms with E-state index in [1.54, 1.807) is 11.3 Å². The summed E-state index contributed by atoms with van der Waals surface area (Å²) in [5.41, 5.74) is 0. The lowest BCUT2D eigenvalue weighted by Crippen LogP contribution is -2.33. The number of nitrogens with zero attached hydrogens (tertiary/aromatic N) is 2. The third-order valence-corrected chi connectivity index (χ3v) is 3.29. The van der Waals surface area contributed by atoms with Gasteiger partial charge in [-0.3, -0.25) is 0 Å². The van der Waals surface area contributed by atoms with Crippen molar-refractivity contribution in [3.05, 3.63) is 11.6 Å². The van der Waals surface area contributed by atoms with E-state index in [9.17, 15) is 0 Å². The molecule has 0 spiro atoms. The van der Waals surface area contributed by atoms with Crippen molar-refractivity contribution in [2.75, 3.05) is 18.0 Å². The number of hydrogen-bond donors (Lipinski definition) is 0. The molecule has 0 bridgehead atoms. The highest BCUT2D eigenvalue weighted by molar-refractivity contribution is 7.13. The van der Waals surface area contributed by atoms with Crippen molar-refractivity contribution in [3.8, 4) is 0 Å². The third kappa shape index (κ3) is 1.72. The molecule has 1 aliphatic rings. The Morgan fingerprint density at radius 1 is 1.58 bits per heavy atom. The van der Waals surface area contributed by atoms with Crippen LogP contribution in [0.2, 0.25) is 0 Å². The summed E-state index contributed by atoms with van der Waals surface area (Å²) in [4.78, 5) is 6.42. The van der Waals surface area contributed by atoms with Gasteiger partial charge < -0.3 is 4.90 Å². The summed E-state index contributed by atoms with van der Waals surface area (Å²) in [5, 5.41) is 3.34. The van der Waals surface area contributed by atoms with Crippen molar-refractivity contribution in [1.29, 1.82) is 0 Å². The van der Waals surface area contributed by atoms with Crippen molar-refractivity contribution in [3.63, 3.8) is 0 Å². The zero-order valence-corrected chi connectivity index (χ0v) is 8.24. The molecule has 1 saturated heterocycles. The Morgan fingerprint density at radius 3 is 2.92 bits per heavy atom. The zero-order chi connectivity index (χ0) is 8.39. The van der Waals surface area contributed by atoms with Crippen molar-refractivity contribution in [2.45, 2.75) is 18.2 Å². The molecule has 65 valence electrons. The molecule has 1 aromatic heterocycles. The Morgan fingerprint density at radius 2 is 2.33 bits per heavy atom. The first-order valence-corrected chi connectivity index (χ1v) is 5.38. The maximum Gasteiger partial charge on any atom is 0.185 e. The molecule has 1 aromatic rings. The van der Waals surface area contributed by atoms with Gasteiger partial charge in [-0.2, -0.15) is 0 Å². The van der Waals surface area contributed by atoms with E-state index in [-0.39, 0.29) is 0 Å². The standard InChI is InChI=1S/C8H10ClN2S/c9-7-1-4-11(5-2-7)8-10-3-6-12-8/h6-7H,1-2,4-5H2. The van der Waals surface area contributed by atoms with Crippen LogP contribution in [0.4, 0.5) is 5.13 Å². The monoisotopic (exact) mass is 201 g/mol. The quantitative estimate of drug-likeness (QED) is 0.648. The molecule has 1 fully saturated rings. The minimum atomic E-state index is 0.366. The second kappa shape index (κ2) is 3.62. The minimum absolute atomic E-state index is 0.366. The number of rotatable bonds is 1. The predicted octanol–water partition coefficient (Wildman–Crippen LogP) is 2.15. The lowest BCUT2D eigenvalue weighted by molar-refractivity contribution is 0.584. The molecule has 1 aliphatic heterocycles. The Labute approximate surface area is 81.2 Å². The zero-order valence-electron chi connectivity index (χ0n) is 6.66. The number of thiazole rings is 1. The Balaban J connectivity index is 1.99. The molecule has 0 atom stereocenters. The van der Waals surface area contributed by atoms with Crippen molar-refractivity contribution in [1.82, 2.24) is 4.98 Å². The highest BCUT2D eigenvalue weighted by Gasteiger charge is 2.18. The first-order chi connectivity index (χ1) is 5.86. The molecule has 1 radical (unpaired) electrons.